The van der Waals surface area contributed by atoms with Crippen LogP contribution in [0, 0.1) is 10.1 Å². The molecule has 1 heterocycles. The number of nitro benzene ring substituents is 1. The van der Waals surface area contributed by atoms with Crippen LogP contribution in [0.3, 0.4) is 0 Å². The van der Waals surface area contributed by atoms with Gasteiger partial charge in [0, 0.05) is 24.1 Å². The average Bonchev–Trinajstić information content (AvgIpc) is 3.12. The van der Waals surface area contributed by atoms with Crippen LogP contribution in [0.4, 0.5) is 11.4 Å². The number of nitrogens with one attached hydrogen (secondary N) is 1. The number of anilines is 1. The molecule has 8 nitrogen and oxygen atoms in total. The lowest BCUT2D eigenvalue weighted by Gasteiger charge is -2.19. The van der Waals surface area contributed by atoms with Gasteiger partial charge in [-0.05, 0) is 30.3 Å². The number of hydrogen-bond donors (Lipinski definition) is 1. The molecule has 0 aliphatic carbocycles. The summed E-state index contributed by atoms with van der Waals surface area (Å²) in [5, 5.41) is 10.9. The van der Waals surface area contributed by atoms with Crippen molar-refractivity contribution in [2.45, 2.75) is 11.4 Å². The number of thiophene rings is 1. The number of hydrogen-bond acceptors (Lipinski definition) is 6. The van der Waals surface area contributed by atoms with Crippen LogP contribution >= 0.6 is 22.9 Å². The molecule has 3 rings (SSSR count). The summed E-state index contributed by atoms with van der Waals surface area (Å²) in [6, 6.07) is 14.4. The standard InChI is InChI=1S/C19H16ClN3O5S2/c1-22(12-14-9-10-18(20)29-14)19(24)16-7-2-3-8-17(16)21-30(27,28)15-6-4-5-13(11-15)23(25)26/h2-11,21H,12H2,1H3. The van der Waals surface area contributed by atoms with E-state index in [2.05, 4.69) is 4.72 Å². The van der Waals surface area contributed by atoms with Crippen molar-refractivity contribution in [3.63, 3.8) is 0 Å². The second kappa shape index (κ2) is 8.82. The van der Waals surface area contributed by atoms with E-state index < -0.39 is 20.9 Å². The Morgan fingerprint density at radius 2 is 1.90 bits per heavy atom. The van der Waals surface area contributed by atoms with Gasteiger partial charge in [-0.1, -0.05) is 29.8 Å². The Labute approximate surface area is 181 Å². The van der Waals surface area contributed by atoms with E-state index in [0.717, 1.165) is 10.9 Å². The van der Waals surface area contributed by atoms with Gasteiger partial charge in [0.1, 0.15) is 0 Å². The van der Waals surface area contributed by atoms with E-state index in [4.69, 9.17) is 11.6 Å². The Kier molecular flexibility index (Phi) is 6.40. The molecule has 1 aromatic heterocycles. The molecular weight excluding hydrogens is 450 g/mol. The summed E-state index contributed by atoms with van der Waals surface area (Å²) in [7, 11) is -2.55. The molecular formula is C19H16ClN3O5S2. The molecule has 1 N–H and O–H groups in total. The van der Waals surface area contributed by atoms with Gasteiger partial charge in [0.25, 0.3) is 21.6 Å². The van der Waals surface area contributed by atoms with E-state index >= 15 is 0 Å². The van der Waals surface area contributed by atoms with Gasteiger partial charge < -0.3 is 4.90 Å². The molecule has 0 radical (unpaired) electrons. The lowest BCUT2D eigenvalue weighted by atomic mass is 10.1. The molecule has 156 valence electrons. The Morgan fingerprint density at radius 1 is 1.17 bits per heavy atom. The van der Waals surface area contributed by atoms with Crippen LogP contribution in [0.1, 0.15) is 15.2 Å². The van der Waals surface area contributed by atoms with Crippen molar-refractivity contribution < 1.29 is 18.1 Å². The number of rotatable bonds is 7. The van der Waals surface area contributed by atoms with Gasteiger partial charge in [-0.3, -0.25) is 19.6 Å². The third-order valence-electron chi connectivity index (χ3n) is 4.11. The van der Waals surface area contributed by atoms with Gasteiger partial charge in [0.05, 0.1) is 32.0 Å². The summed E-state index contributed by atoms with van der Waals surface area (Å²) in [6.45, 7) is 0.308. The highest BCUT2D eigenvalue weighted by atomic mass is 35.5. The van der Waals surface area contributed by atoms with E-state index in [1.165, 1.54) is 46.6 Å². The molecule has 0 saturated heterocycles. The number of benzene rings is 2. The number of carbonyl (C=O) groups is 1. The summed E-state index contributed by atoms with van der Waals surface area (Å²) in [5.74, 6) is -0.392. The number of nitro groups is 1. The van der Waals surface area contributed by atoms with Gasteiger partial charge in [0.15, 0.2) is 0 Å². The van der Waals surface area contributed by atoms with Crippen LogP contribution in [-0.2, 0) is 16.6 Å². The van der Waals surface area contributed by atoms with Crippen molar-refractivity contribution in [3.8, 4) is 0 Å². The van der Waals surface area contributed by atoms with Crippen molar-refractivity contribution in [2.75, 3.05) is 11.8 Å². The van der Waals surface area contributed by atoms with Crippen molar-refractivity contribution in [1.29, 1.82) is 0 Å². The van der Waals surface area contributed by atoms with Gasteiger partial charge in [0.2, 0.25) is 0 Å². The summed E-state index contributed by atoms with van der Waals surface area (Å²) in [6.07, 6.45) is 0. The molecule has 0 spiro atoms. The first-order chi connectivity index (χ1) is 14.2. The maximum atomic E-state index is 12.9. The van der Waals surface area contributed by atoms with Gasteiger partial charge in [-0.25, -0.2) is 8.42 Å². The maximum absolute atomic E-state index is 12.9. The molecule has 0 atom stereocenters. The SMILES string of the molecule is CN(Cc1ccc(Cl)s1)C(=O)c1ccccc1NS(=O)(=O)c1cccc([N+](=O)[O-])c1. The molecule has 30 heavy (non-hydrogen) atoms. The van der Waals surface area contributed by atoms with Crippen LogP contribution in [0.25, 0.3) is 0 Å². The summed E-state index contributed by atoms with van der Waals surface area (Å²) in [5.41, 5.74) is -0.127. The Morgan fingerprint density at radius 3 is 2.57 bits per heavy atom. The molecule has 0 bridgehead atoms. The molecule has 0 aliphatic rings. The minimum atomic E-state index is -4.15. The van der Waals surface area contributed by atoms with E-state index in [1.54, 1.807) is 25.2 Å². The van der Waals surface area contributed by atoms with Gasteiger partial charge in [-0.2, -0.15) is 0 Å². The lowest BCUT2D eigenvalue weighted by Crippen LogP contribution is -2.27. The summed E-state index contributed by atoms with van der Waals surface area (Å²) >= 11 is 7.27. The predicted molar refractivity (Wildman–Crippen MR) is 115 cm³/mol. The minimum absolute atomic E-state index is 0.0741. The van der Waals surface area contributed by atoms with Crippen LogP contribution < -0.4 is 4.72 Å². The fourth-order valence-corrected chi connectivity index (χ4v) is 4.93. The quantitative estimate of drug-likeness (QED) is 0.411. The first-order valence-corrected chi connectivity index (χ1v) is 11.2. The molecule has 0 unspecified atom stereocenters. The Bertz CT molecular complexity index is 1210. The fraction of sp³-hybridized carbons (Fsp3) is 0.105. The highest BCUT2D eigenvalue weighted by molar-refractivity contribution is 7.92. The molecule has 0 aliphatic heterocycles. The average molecular weight is 466 g/mol. The van der Waals surface area contributed by atoms with E-state index in [1.807, 2.05) is 6.07 Å². The highest BCUT2D eigenvalue weighted by Gasteiger charge is 2.22. The molecule has 3 aromatic rings. The van der Waals surface area contributed by atoms with E-state index in [-0.39, 0.29) is 21.8 Å². The predicted octanol–water partition coefficient (Wildman–Crippen LogP) is 4.38. The van der Waals surface area contributed by atoms with Gasteiger partial charge >= 0.3 is 0 Å². The number of sulfonamides is 1. The van der Waals surface area contributed by atoms with Crippen LogP contribution in [0.5, 0.6) is 0 Å². The second-order valence-electron chi connectivity index (χ2n) is 6.27. The van der Waals surface area contributed by atoms with Gasteiger partial charge in [-0.15, -0.1) is 11.3 Å². The monoisotopic (exact) mass is 465 g/mol. The highest BCUT2D eigenvalue weighted by Crippen LogP contribution is 2.26. The van der Waals surface area contributed by atoms with Crippen LogP contribution in [-0.4, -0.2) is 31.2 Å². The number of carbonyl (C=O) groups excluding carboxylic acids is 1. The zero-order valence-electron chi connectivity index (χ0n) is 15.6. The maximum Gasteiger partial charge on any atom is 0.270 e. The van der Waals surface area contributed by atoms with Crippen LogP contribution in [0.2, 0.25) is 4.34 Å². The molecule has 2 aromatic carbocycles. The Balaban J connectivity index is 1.86. The molecule has 0 saturated carbocycles. The zero-order chi connectivity index (χ0) is 21.9. The second-order valence-corrected chi connectivity index (χ2v) is 9.75. The first-order valence-electron chi connectivity index (χ1n) is 8.53. The number of non-ortho nitro benzene ring substituents is 1. The third kappa shape index (κ3) is 4.96. The Hall–Kier alpha value is -2.95. The number of nitrogens with zero attached hydrogens (tertiary/aromatic N) is 2. The molecule has 1 amide bonds. The van der Waals surface area contributed by atoms with Crippen molar-refractivity contribution in [1.82, 2.24) is 4.90 Å². The number of para-hydroxylation sites is 1. The topological polar surface area (TPSA) is 110 Å². The smallest absolute Gasteiger partial charge is 0.270 e. The number of amides is 1. The fourth-order valence-electron chi connectivity index (χ4n) is 2.67. The summed E-state index contributed by atoms with van der Waals surface area (Å²) in [4.78, 5) is 25.2. The molecule has 0 fully saturated rings. The van der Waals surface area contributed by atoms with Crippen molar-refractivity contribution >= 4 is 50.2 Å². The van der Waals surface area contributed by atoms with E-state index in [9.17, 15) is 23.3 Å². The lowest BCUT2D eigenvalue weighted by molar-refractivity contribution is -0.385. The van der Waals surface area contributed by atoms with Crippen LogP contribution in [0.15, 0.2) is 65.6 Å². The van der Waals surface area contributed by atoms with Crippen molar-refractivity contribution in [3.05, 3.63) is 85.6 Å². The number of halogens is 1. The molecule has 11 heteroatoms. The normalized spacial score (nSPS) is 11.1. The van der Waals surface area contributed by atoms with Crippen molar-refractivity contribution in [2.24, 2.45) is 0 Å². The third-order valence-corrected chi connectivity index (χ3v) is 6.69. The minimum Gasteiger partial charge on any atom is -0.336 e. The zero-order valence-corrected chi connectivity index (χ0v) is 18.0. The summed E-state index contributed by atoms with van der Waals surface area (Å²) < 4.78 is 28.5. The first kappa shape index (κ1) is 21.8. The van der Waals surface area contributed by atoms with E-state index in [0.29, 0.717) is 10.9 Å². The largest absolute Gasteiger partial charge is 0.336 e.